The van der Waals surface area contributed by atoms with Crippen molar-refractivity contribution in [2.45, 2.75) is 0 Å². The molecule has 7 aromatic carbocycles. The Morgan fingerprint density at radius 1 is 0.365 bits per heavy atom. The summed E-state index contributed by atoms with van der Waals surface area (Å²) in [5.74, 6) is 1.12. The van der Waals surface area contributed by atoms with Gasteiger partial charge in [0.15, 0.2) is 11.4 Å². The van der Waals surface area contributed by atoms with Crippen LogP contribution in [0, 0.1) is 0 Å². The molecule has 63 heavy (non-hydrogen) atoms. The number of para-hydroxylation sites is 2. The lowest BCUT2D eigenvalue weighted by molar-refractivity contribution is 0.668. The van der Waals surface area contributed by atoms with Gasteiger partial charge in [0.2, 0.25) is 5.95 Å². The topological polar surface area (TPSA) is 87.5 Å². The Bertz CT molecular complexity index is 3870. The first-order valence-corrected chi connectivity index (χ1v) is 20.9. The Balaban J connectivity index is 0.938. The van der Waals surface area contributed by atoms with Crippen molar-refractivity contribution < 1.29 is 4.42 Å². The maximum Gasteiger partial charge on any atom is 0.238 e. The van der Waals surface area contributed by atoms with Crippen molar-refractivity contribution in [1.29, 1.82) is 0 Å². The summed E-state index contributed by atoms with van der Waals surface area (Å²) in [4.78, 5) is 24.1. The molecule has 0 amide bonds. The lowest BCUT2D eigenvalue weighted by Gasteiger charge is -2.13. The van der Waals surface area contributed by atoms with Crippen LogP contribution < -0.4 is 0 Å². The highest BCUT2D eigenvalue weighted by atomic mass is 16.3. The van der Waals surface area contributed by atoms with Crippen molar-refractivity contribution in [2.24, 2.45) is 0 Å². The molecule has 6 aromatic heterocycles. The molecule has 0 aliphatic rings. The summed E-state index contributed by atoms with van der Waals surface area (Å²) in [6.45, 7) is 0. The Labute approximate surface area is 360 Å². The normalized spacial score (nSPS) is 11.8. The molecular formula is C55H33N7O. The van der Waals surface area contributed by atoms with E-state index >= 15 is 0 Å². The molecule has 8 heteroatoms. The van der Waals surface area contributed by atoms with Crippen LogP contribution >= 0.6 is 0 Å². The zero-order chi connectivity index (χ0) is 41.4. The van der Waals surface area contributed by atoms with Crippen molar-refractivity contribution in [3.8, 4) is 56.7 Å². The van der Waals surface area contributed by atoms with Crippen molar-refractivity contribution >= 4 is 65.7 Å². The van der Waals surface area contributed by atoms with Crippen LogP contribution in [-0.4, -0.2) is 34.1 Å². The van der Waals surface area contributed by atoms with Crippen LogP contribution in [-0.2, 0) is 0 Å². The SMILES string of the molecule is c1ccc(-c2cc(-n3c4ccccc4c4cc(-c5ccc6c(c5)c5ccccc5n6-c5ncnc(-c6ccc7oc8cccnc8c7c6)n5)ccc43)cc(-c3ccccc3)n2)cc1. The third-order valence-electron chi connectivity index (χ3n) is 12.1. The predicted molar refractivity (Wildman–Crippen MR) is 253 cm³/mol. The predicted octanol–water partition coefficient (Wildman–Crippen LogP) is 13.4. The zero-order valence-electron chi connectivity index (χ0n) is 33.6. The number of aromatic nitrogens is 7. The van der Waals surface area contributed by atoms with Crippen molar-refractivity contribution in [3.05, 3.63) is 201 Å². The summed E-state index contributed by atoms with van der Waals surface area (Å²) >= 11 is 0. The summed E-state index contributed by atoms with van der Waals surface area (Å²) in [7, 11) is 0. The third-order valence-corrected chi connectivity index (χ3v) is 12.1. The molecule has 0 bridgehead atoms. The van der Waals surface area contributed by atoms with E-state index in [1.54, 1.807) is 12.5 Å². The zero-order valence-corrected chi connectivity index (χ0v) is 33.6. The van der Waals surface area contributed by atoms with Gasteiger partial charge in [-0.05, 0) is 90.0 Å². The van der Waals surface area contributed by atoms with Crippen molar-refractivity contribution in [1.82, 2.24) is 34.1 Å². The van der Waals surface area contributed by atoms with Crippen molar-refractivity contribution in [3.63, 3.8) is 0 Å². The van der Waals surface area contributed by atoms with Gasteiger partial charge >= 0.3 is 0 Å². The lowest BCUT2D eigenvalue weighted by Crippen LogP contribution is -2.03. The van der Waals surface area contributed by atoms with Gasteiger partial charge in [0.05, 0.1) is 39.1 Å². The fourth-order valence-electron chi connectivity index (χ4n) is 9.23. The van der Waals surface area contributed by atoms with Crippen LogP contribution in [0.2, 0.25) is 0 Å². The molecule has 0 spiro atoms. The minimum atomic E-state index is 0.547. The second-order valence-electron chi connectivity index (χ2n) is 15.8. The molecule has 0 aliphatic carbocycles. The van der Waals surface area contributed by atoms with Gasteiger partial charge in [0, 0.05) is 49.8 Å². The van der Waals surface area contributed by atoms with Crippen LogP contribution in [0.1, 0.15) is 0 Å². The minimum Gasteiger partial charge on any atom is -0.454 e. The molecule has 6 heterocycles. The van der Waals surface area contributed by atoms with Gasteiger partial charge in [-0.15, -0.1) is 0 Å². The average molecular weight is 808 g/mol. The van der Waals surface area contributed by atoms with Crippen LogP contribution in [0.3, 0.4) is 0 Å². The van der Waals surface area contributed by atoms with Gasteiger partial charge in [-0.2, -0.15) is 4.98 Å². The maximum atomic E-state index is 6.04. The van der Waals surface area contributed by atoms with E-state index in [0.717, 1.165) is 99.8 Å². The molecular weight excluding hydrogens is 775 g/mol. The summed E-state index contributed by atoms with van der Waals surface area (Å²) in [6, 6.07) is 65.7. The number of pyridine rings is 2. The first kappa shape index (κ1) is 35.0. The Hall–Kier alpha value is -8.75. The van der Waals surface area contributed by atoms with Crippen LogP contribution in [0.5, 0.6) is 0 Å². The molecule has 13 rings (SSSR count). The number of hydrogen-bond acceptors (Lipinski definition) is 6. The number of hydrogen-bond donors (Lipinski definition) is 0. The smallest absolute Gasteiger partial charge is 0.238 e. The van der Waals surface area contributed by atoms with Gasteiger partial charge in [-0.25, -0.2) is 15.0 Å². The van der Waals surface area contributed by atoms with E-state index in [-0.39, 0.29) is 0 Å². The molecule has 0 fully saturated rings. The van der Waals surface area contributed by atoms with Gasteiger partial charge in [0.1, 0.15) is 17.4 Å². The molecule has 13 aromatic rings. The molecule has 8 nitrogen and oxygen atoms in total. The monoisotopic (exact) mass is 807 g/mol. The molecule has 0 unspecified atom stereocenters. The van der Waals surface area contributed by atoms with E-state index in [2.05, 4.69) is 165 Å². The second kappa shape index (κ2) is 13.9. The Morgan fingerprint density at radius 2 is 0.937 bits per heavy atom. The van der Waals surface area contributed by atoms with E-state index in [9.17, 15) is 0 Å². The molecule has 0 radical (unpaired) electrons. The van der Waals surface area contributed by atoms with E-state index in [0.29, 0.717) is 11.8 Å². The van der Waals surface area contributed by atoms with Gasteiger partial charge < -0.3 is 8.98 Å². The lowest BCUT2D eigenvalue weighted by atomic mass is 10.0. The largest absolute Gasteiger partial charge is 0.454 e. The Morgan fingerprint density at radius 3 is 1.62 bits per heavy atom. The fourth-order valence-corrected chi connectivity index (χ4v) is 9.23. The molecule has 0 N–H and O–H groups in total. The summed E-state index contributed by atoms with van der Waals surface area (Å²) in [5.41, 5.74) is 14.8. The van der Waals surface area contributed by atoms with Crippen LogP contribution in [0.4, 0.5) is 0 Å². The Kier molecular flexibility index (Phi) is 7.74. The number of rotatable bonds is 6. The van der Waals surface area contributed by atoms with E-state index < -0.39 is 0 Å². The molecule has 0 atom stereocenters. The highest BCUT2D eigenvalue weighted by molar-refractivity contribution is 6.13. The van der Waals surface area contributed by atoms with Crippen LogP contribution in [0.15, 0.2) is 205 Å². The molecule has 0 saturated heterocycles. The van der Waals surface area contributed by atoms with Gasteiger partial charge in [-0.3, -0.25) is 9.55 Å². The fraction of sp³-hybridized carbons (Fsp3) is 0. The number of benzene rings is 7. The van der Waals surface area contributed by atoms with E-state index in [1.807, 2.05) is 42.5 Å². The van der Waals surface area contributed by atoms with Crippen molar-refractivity contribution in [2.75, 3.05) is 0 Å². The summed E-state index contributed by atoms with van der Waals surface area (Å²) in [5, 5.41) is 5.52. The second-order valence-corrected chi connectivity index (χ2v) is 15.8. The van der Waals surface area contributed by atoms with E-state index in [1.165, 1.54) is 10.8 Å². The number of nitrogens with zero attached hydrogens (tertiary/aromatic N) is 7. The van der Waals surface area contributed by atoms with Gasteiger partial charge in [-0.1, -0.05) is 109 Å². The first-order valence-electron chi connectivity index (χ1n) is 20.9. The maximum absolute atomic E-state index is 6.04. The first-order chi connectivity index (χ1) is 31.2. The quantitative estimate of drug-likeness (QED) is 0.166. The van der Waals surface area contributed by atoms with Gasteiger partial charge in [0.25, 0.3) is 0 Å². The minimum absolute atomic E-state index is 0.547. The number of fused-ring (bicyclic) bond motifs is 9. The van der Waals surface area contributed by atoms with Crippen LogP contribution in [0.25, 0.3) is 122 Å². The highest BCUT2D eigenvalue weighted by Crippen LogP contribution is 2.39. The molecule has 0 saturated carbocycles. The number of furan rings is 1. The average Bonchev–Trinajstić information content (AvgIpc) is 4.01. The standard InChI is InChI=1S/C55H33N7O/c1-3-12-34(13-4-1)45-31-39(32-46(59-45)35-14-5-2-6-15-35)61-47-18-9-7-16-40(47)42-28-36(21-24-49(42)61)37-22-25-50-43(29-37)41-17-8-10-19-48(41)62(50)55-58-33-57-54(60-55)38-23-26-51-44(30-38)53-52(63-51)20-11-27-56-53/h1-33H. The summed E-state index contributed by atoms with van der Waals surface area (Å²) in [6.07, 6.45) is 3.37. The molecule has 294 valence electrons. The summed E-state index contributed by atoms with van der Waals surface area (Å²) < 4.78 is 10.5. The third kappa shape index (κ3) is 5.66. The molecule has 0 aliphatic heterocycles. The highest BCUT2D eigenvalue weighted by Gasteiger charge is 2.19. The van der Waals surface area contributed by atoms with E-state index in [4.69, 9.17) is 19.4 Å².